The minimum Gasteiger partial charge on any atom is -0.367 e. The van der Waals surface area contributed by atoms with Crippen molar-refractivity contribution in [3.8, 4) is 6.07 Å². The Bertz CT molecular complexity index is 622. The lowest BCUT2D eigenvalue weighted by Gasteiger charge is -2.37. The normalized spacial score (nSPS) is 22.5. The molecule has 1 aliphatic rings. The topological polar surface area (TPSA) is 62.0 Å². The van der Waals surface area contributed by atoms with Gasteiger partial charge < -0.3 is 9.64 Å². The summed E-state index contributed by atoms with van der Waals surface area (Å²) in [6.07, 6.45) is 3.26. The minimum atomic E-state index is 0.0125. The lowest BCUT2D eigenvalue weighted by Crippen LogP contribution is -2.43. The average molecular weight is 286 g/mol. The fourth-order valence-corrected chi connectivity index (χ4v) is 3.11. The van der Waals surface area contributed by atoms with Gasteiger partial charge in [-0.1, -0.05) is 0 Å². The van der Waals surface area contributed by atoms with Gasteiger partial charge in [0.05, 0.1) is 12.6 Å². The third-order valence-electron chi connectivity index (χ3n) is 3.26. The first-order valence-electron chi connectivity index (χ1n) is 6.41. The standard InChI is InChI=1S/C14H14N4OS/c1-10-7-18(14-12(6-15)16-3-4-17-14)8-13(19-10)11-2-5-20-9-11/h2-5,9-10,13H,7-8H2,1H3/t10-,13+/m1/s1. The van der Waals surface area contributed by atoms with Crippen LogP contribution in [0.15, 0.2) is 29.2 Å². The van der Waals surface area contributed by atoms with E-state index >= 15 is 0 Å². The quantitative estimate of drug-likeness (QED) is 0.848. The third-order valence-corrected chi connectivity index (χ3v) is 3.96. The van der Waals surface area contributed by atoms with Gasteiger partial charge in [-0.05, 0) is 29.3 Å². The summed E-state index contributed by atoms with van der Waals surface area (Å²) in [5, 5.41) is 13.3. The number of morpholine rings is 1. The number of nitrogens with zero attached hydrogens (tertiary/aromatic N) is 4. The highest BCUT2D eigenvalue weighted by Crippen LogP contribution is 2.29. The molecule has 0 amide bonds. The zero-order chi connectivity index (χ0) is 13.9. The van der Waals surface area contributed by atoms with Gasteiger partial charge in [0.15, 0.2) is 11.5 Å². The van der Waals surface area contributed by atoms with Crippen LogP contribution in [0.5, 0.6) is 0 Å². The maximum atomic E-state index is 9.16. The van der Waals surface area contributed by atoms with Crippen molar-refractivity contribution in [3.63, 3.8) is 0 Å². The fraction of sp³-hybridized carbons (Fsp3) is 0.357. The van der Waals surface area contributed by atoms with E-state index in [9.17, 15) is 0 Å². The van der Waals surface area contributed by atoms with E-state index in [2.05, 4.69) is 32.4 Å². The molecule has 1 fully saturated rings. The molecule has 1 saturated heterocycles. The van der Waals surface area contributed by atoms with E-state index in [0.717, 1.165) is 0 Å². The molecule has 2 atom stereocenters. The van der Waals surface area contributed by atoms with Crippen LogP contribution in [0, 0.1) is 11.3 Å². The van der Waals surface area contributed by atoms with Crippen LogP contribution >= 0.6 is 11.3 Å². The van der Waals surface area contributed by atoms with Crippen LogP contribution < -0.4 is 4.90 Å². The van der Waals surface area contributed by atoms with Crippen LogP contribution in [-0.2, 0) is 4.74 Å². The van der Waals surface area contributed by atoms with E-state index in [-0.39, 0.29) is 12.2 Å². The summed E-state index contributed by atoms with van der Waals surface area (Å²) >= 11 is 1.66. The van der Waals surface area contributed by atoms with Crippen LogP contribution in [0.3, 0.4) is 0 Å². The molecule has 102 valence electrons. The van der Waals surface area contributed by atoms with Gasteiger partial charge in [-0.15, -0.1) is 0 Å². The predicted octanol–water partition coefficient (Wildman–Crippen LogP) is 2.38. The monoisotopic (exact) mass is 286 g/mol. The van der Waals surface area contributed by atoms with Gasteiger partial charge in [0, 0.05) is 18.9 Å². The molecule has 2 aromatic heterocycles. The zero-order valence-electron chi connectivity index (χ0n) is 11.1. The molecular formula is C14H14N4OS. The second-order valence-electron chi connectivity index (χ2n) is 4.74. The van der Waals surface area contributed by atoms with E-state index in [4.69, 9.17) is 10.00 Å². The highest BCUT2D eigenvalue weighted by atomic mass is 32.1. The number of thiophene rings is 1. The Morgan fingerprint density at radius 2 is 2.25 bits per heavy atom. The molecule has 2 aromatic rings. The second kappa shape index (κ2) is 5.57. The summed E-state index contributed by atoms with van der Waals surface area (Å²) in [6.45, 7) is 3.44. The number of aromatic nitrogens is 2. The highest BCUT2D eigenvalue weighted by molar-refractivity contribution is 7.07. The number of ether oxygens (including phenoxy) is 1. The molecule has 0 spiro atoms. The summed E-state index contributed by atoms with van der Waals surface area (Å²) < 4.78 is 5.99. The van der Waals surface area contributed by atoms with Gasteiger partial charge in [-0.25, -0.2) is 9.97 Å². The summed E-state index contributed by atoms with van der Waals surface area (Å²) in [6, 6.07) is 4.18. The van der Waals surface area contributed by atoms with Crippen LogP contribution in [0.1, 0.15) is 24.3 Å². The molecule has 5 nitrogen and oxygen atoms in total. The summed E-state index contributed by atoms with van der Waals surface area (Å²) in [5.41, 5.74) is 1.54. The highest BCUT2D eigenvalue weighted by Gasteiger charge is 2.28. The first-order chi connectivity index (χ1) is 9.78. The Morgan fingerprint density at radius 3 is 3.00 bits per heavy atom. The zero-order valence-corrected chi connectivity index (χ0v) is 11.9. The van der Waals surface area contributed by atoms with Crippen LogP contribution in [0.4, 0.5) is 5.82 Å². The van der Waals surface area contributed by atoms with Crippen LogP contribution in [-0.4, -0.2) is 29.2 Å². The number of hydrogen-bond acceptors (Lipinski definition) is 6. The molecule has 6 heteroatoms. The molecule has 0 saturated carbocycles. The molecule has 0 aliphatic carbocycles. The van der Waals surface area contributed by atoms with Crippen molar-refractivity contribution in [3.05, 3.63) is 40.5 Å². The third kappa shape index (κ3) is 2.50. The number of nitriles is 1. The van der Waals surface area contributed by atoms with E-state index < -0.39 is 0 Å². The van der Waals surface area contributed by atoms with Gasteiger partial charge in [-0.2, -0.15) is 16.6 Å². The van der Waals surface area contributed by atoms with Gasteiger partial charge >= 0.3 is 0 Å². The van der Waals surface area contributed by atoms with Crippen molar-refractivity contribution >= 4 is 17.2 Å². The lowest BCUT2D eigenvalue weighted by atomic mass is 10.1. The molecule has 1 aliphatic heterocycles. The van der Waals surface area contributed by atoms with Crippen LogP contribution in [0.25, 0.3) is 0 Å². The van der Waals surface area contributed by atoms with Crippen molar-refractivity contribution in [1.29, 1.82) is 5.26 Å². The Labute approximate surface area is 121 Å². The molecule has 3 heterocycles. The van der Waals surface area contributed by atoms with Gasteiger partial charge in [0.25, 0.3) is 0 Å². The largest absolute Gasteiger partial charge is 0.367 e. The maximum absolute atomic E-state index is 9.16. The number of rotatable bonds is 2. The van der Waals surface area contributed by atoms with Crippen molar-refractivity contribution in [1.82, 2.24) is 9.97 Å². The Kier molecular flexibility index (Phi) is 3.63. The van der Waals surface area contributed by atoms with Crippen molar-refractivity contribution in [2.45, 2.75) is 19.1 Å². The smallest absolute Gasteiger partial charge is 0.183 e. The van der Waals surface area contributed by atoms with Gasteiger partial charge in [-0.3, -0.25) is 0 Å². The second-order valence-corrected chi connectivity index (χ2v) is 5.52. The Hall–Kier alpha value is -1.97. The van der Waals surface area contributed by atoms with E-state index in [1.54, 1.807) is 23.7 Å². The maximum Gasteiger partial charge on any atom is 0.183 e. The molecule has 0 bridgehead atoms. The minimum absolute atomic E-state index is 0.0125. The lowest BCUT2D eigenvalue weighted by molar-refractivity contribution is -0.0174. The molecule has 0 unspecified atom stereocenters. The van der Waals surface area contributed by atoms with E-state index in [1.165, 1.54) is 5.56 Å². The van der Waals surface area contributed by atoms with E-state index in [0.29, 0.717) is 24.6 Å². The first kappa shape index (κ1) is 13.0. The van der Waals surface area contributed by atoms with Crippen LogP contribution in [0.2, 0.25) is 0 Å². The average Bonchev–Trinajstić information content (AvgIpc) is 3.01. The number of hydrogen-bond donors (Lipinski definition) is 0. The van der Waals surface area contributed by atoms with E-state index in [1.807, 2.05) is 12.3 Å². The van der Waals surface area contributed by atoms with Crippen molar-refractivity contribution < 1.29 is 4.74 Å². The SMILES string of the molecule is C[C@@H]1CN(c2nccnc2C#N)C[C@@H](c2ccsc2)O1. The molecule has 20 heavy (non-hydrogen) atoms. The van der Waals surface area contributed by atoms with Gasteiger partial charge in [0.2, 0.25) is 0 Å². The Balaban J connectivity index is 1.88. The van der Waals surface area contributed by atoms with Gasteiger partial charge in [0.1, 0.15) is 12.2 Å². The summed E-state index contributed by atoms with van der Waals surface area (Å²) in [7, 11) is 0. The first-order valence-corrected chi connectivity index (χ1v) is 7.36. The summed E-state index contributed by atoms with van der Waals surface area (Å²) in [5.74, 6) is 0.644. The summed E-state index contributed by atoms with van der Waals surface area (Å²) in [4.78, 5) is 10.5. The van der Waals surface area contributed by atoms with Crippen molar-refractivity contribution in [2.24, 2.45) is 0 Å². The molecule has 3 rings (SSSR count). The molecule has 0 aromatic carbocycles. The Morgan fingerprint density at radius 1 is 1.40 bits per heavy atom. The molecule has 0 radical (unpaired) electrons. The van der Waals surface area contributed by atoms with Crippen molar-refractivity contribution in [2.75, 3.05) is 18.0 Å². The molecular weight excluding hydrogens is 272 g/mol. The molecule has 0 N–H and O–H groups in total. The fourth-order valence-electron chi connectivity index (χ4n) is 2.41. The predicted molar refractivity (Wildman–Crippen MR) is 76.6 cm³/mol. The number of anilines is 1.